The molecule has 7 heteroatoms. The molecule has 21 heavy (non-hydrogen) atoms. The Morgan fingerprint density at radius 1 is 1.24 bits per heavy atom. The minimum atomic E-state index is -3.75. The van der Waals surface area contributed by atoms with Crippen LogP contribution in [0.2, 0.25) is 0 Å². The number of methoxy groups -OCH3 is 1. The molecule has 0 atom stereocenters. The summed E-state index contributed by atoms with van der Waals surface area (Å²) in [6.45, 7) is 0.629. The molecule has 0 saturated carbocycles. The van der Waals surface area contributed by atoms with Gasteiger partial charge in [-0.15, -0.1) is 0 Å². The van der Waals surface area contributed by atoms with Crippen molar-refractivity contribution < 1.29 is 13.2 Å². The van der Waals surface area contributed by atoms with E-state index in [0.29, 0.717) is 12.3 Å². The van der Waals surface area contributed by atoms with E-state index in [9.17, 15) is 8.42 Å². The lowest BCUT2D eigenvalue weighted by Gasteiger charge is -2.12. The van der Waals surface area contributed by atoms with Crippen LogP contribution in [-0.4, -0.2) is 27.6 Å². The van der Waals surface area contributed by atoms with Crippen molar-refractivity contribution in [3.8, 4) is 5.75 Å². The summed E-state index contributed by atoms with van der Waals surface area (Å²) in [7, 11) is -0.484. The predicted octanol–water partition coefficient (Wildman–Crippen LogP) is 1.61. The number of hydrogen-bond donors (Lipinski definition) is 2. The van der Waals surface area contributed by atoms with E-state index in [1.807, 2.05) is 7.05 Å². The SMILES string of the molecule is CNCc1ccc(S(=O)(=O)Nc2ccccn2)c(OC)c1. The lowest BCUT2D eigenvalue weighted by atomic mass is 10.2. The first-order valence-electron chi connectivity index (χ1n) is 6.32. The third kappa shape index (κ3) is 3.71. The second-order valence-corrected chi connectivity index (χ2v) is 5.99. The molecule has 6 nitrogen and oxygen atoms in total. The maximum atomic E-state index is 12.4. The lowest BCUT2D eigenvalue weighted by Crippen LogP contribution is -2.15. The highest BCUT2D eigenvalue weighted by Crippen LogP contribution is 2.26. The van der Waals surface area contributed by atoms with Gasteiger partial charge in [0.15, 0.2) is 0 Å². The van der Waals surface area contributed by atoms with E-state index < -0.39 is 10.0 Å². The van der Waals surface area contributed by atoms with Crippen molar-refractivity contribution in [2.45, 2.75) is 11.4 Å². The van der Waals surface area contributed by atoms with E-state index in [2.05, 4.69) is 15.0 Å². The third-order valence-corrected chi connectivity index (χ3v) is 4.20. The Hall–Kier alpha value is -2.12. The van der Waals surface area contributed by atoms with Gasteiger partial charge in [0.1, 0.15) is 16.5 Å². The van der Waals surface area contributed by atoms with Crippen molar-refractivity contribution in [2.75, 3.05) is 18.9 Å². The Morgan fingerprint density at radius 2 is 2.05 bits per heavy atom. The molecule has 0 fully saturated rings. The average molecular weight is 307 g/mol. The Bertz CT molecular complexity index is 703. The van der Waals surface area contributed by atoms with Crippen LogP contribution in [0.4, 0.5) is 5.82 Å². The molecule has 112 valence electrons. The molecule has 0 aliphatic carbocycles. The van der Waals surface area contributed by atoms with E-state index in [1.54, 1.807) is 30.3 Å². The number of nitrogens with zero attached hydrogens (tertiary/aromatic N) is 1. The molecule has 0 amide bonds. The van der Waals surface area contributed by atoms with Crippen LogP contribution in [0.5, 0.6) is 5.75 Å². The summed E-state index contributed by atoms with van der Waals surface area (Å²) in [6, 6.07) is 9.97. The highest BCUT2D eigenvalue weighted by Gasteiger charge is 2.20. The summed E-state index contributed by atoms with van der Waals surface area (Å²) in [5.41, 5.74) is 0.936. The van der Waals surface area contributed by atoms with Gasteiger partial charge < -0.3 is 10.1 Å². The zero-order chi connectivity index (χ0) is 15.3. The van der Waals surface area contributed by atoms with Crippen LogP contribution in [0.25, 0.3) is 0 Å². The smallest absolute Gasteiger partial charge is 0.266 e. The summed E-state index contributed by atoms with van der Waals surface area (Å²) in [5.74, 6) is 0.560. The Morgan fingerprint density at radius 3 is 2.67 bits per heavy atom. The first-order valence-corrected chi connectivity index (χ1v) is 7.80. The normalized spacial score (nSPS) is 11.1. The number of ether oxygens (including phenoxy) is 1. The van der Waals surface area contributed by atoms with Gasteiger partial charge in [-0.3, -0.25) is 4.72 Å². The summed E-state index contributed by atoms with van der Waals surface area (Å²) >= 11 is 0. The topological polar surface area (TPSA) is 80.3 Å². The highest BCUT2D eigenvalue weighted by molar-refractivity contribution is 7.92. The quantitative estimate of drug-likeness (QED) is 0.847. The molecule has 0 aliphatic rings. The molecule has 0 aliphatic heterocycles. The van der Waals surface area contributed by atoms with E-state index in [1.165, 1.54) is 19.4 Å². The van der Waals surface area contributed by atoms with Gasteiger partial charge in [0.25, 0.3) is 10.0 Å². The summed E-state index contributed by atoms with van der Waals surface area (Å²) in [5, 5.41) is 3.00. The largest absolute Gasteiger partial charge is 0.495 e. The van der Waals surface area contributed by atoms with Gasteiger partial charge in [-0.25, -0.2) is 13.4 Å². The number of benzene rings is 1. The number of sulfonamides is 1. The molecular formula is C14H17N3O3S. The summed E-state index contributed by atoms with van der Waals surface area (Å²) in [4.78, 5) is 4.03. The number of rotatable bonds is 6. The van der Waals surface area contributed by atoms with Crippen LogP contribution in [0.15, 0.2) is 47.5 Å². The minimum Gasteiger partial charge on any atom is -0.495 e. The molecular weight excluding hydrogens is 290 g/mol. The van der Waals surface area contributed by atoms with E-state index in [-0.39, 0.29) is 10.7 Å². The van der Waals surface area contributed by atoms with Crippen molar-refractivity contribution in [3.05, 3.63) is 48.2 Å². The van der Waals surface area contributed by atoms with Crippen LogP contribution in [0.3, 0.4) is 0 Å². The second-order valence-electron chi connectivity index (χ2n) is 4.34. The fraction of sp³-hybridized carbons (Fsp3) is 0.214. The maximum Gasteiger partial charge on any atom is 0.266 e. The van der Waals surface area contributed by atoms with Gasteiger partial charge >= 0.3 is 0 Å². The zero-order valence-electron chi connectivity index (χ0n) is 11.8. The Kier molecular flexibility index (Phi) is 4.77. The van der Waals surface area contributed by atoms with Gasteiger partial charge in [0.2, 0.25) is 0 Å². The van der Waals surface area contributed by atoms with Crippen molar-refractivity contribution >= 4 is 15.8 Å². The standard InChI is InChI=1S/C14H17N3O3S/c1-15-10-11-6-7-13(12(9-11)20-2)21(18,19)17-14-5-3-4-8-16-14/h3-9,15H,10H2,1-2H3,(H,16,17). The number of hydrogen-bond acceptors (Lipinski definition) is 5. The predicted molar refractivity (Wildman–Crippen MR) is 80.8 cm³/mol. The van der Waals surface area contributed by atoms with Crippen LogP contribution in [0, 0.1) is 0 Å². The molecule has 0 saturated heterocycles. The van der Waals surface area contributed by atoms with Crippen LogP contribution in [-0.2, 0) is 16.6 Å². The molecule has 1 aromatic carbocycles. The first kappa shape index (κ1) is 15.3. The number of aromatic nitrogens is 1. The minimum absolute atomic E-state index is 0.0792. The maximum absolute atomic E-state index is 12.4. The molecule has 0 radical (unpaired) electrons. The van der Waals surface area contributed by atoms with Gasteiger partial charge in [0.05, 0.1) is 7.11 Å². The van der Waals surface area contributed by atoms with Crippen molar-refractivity contribution in [1.29, 1.82) is 0 Å². The number of nitrogens with one attached hydrogen (secondary N) is 2. The molecule has 0 unspecified atom stereocenters. The Labute approximate surface area is 124 Å². The van der Waals surface area contributed by atoms with Gasteiger partial charge in [-0.05, 0) is 36.9 Å². The molecule has 2 rings (SSSR count). The average Bonchev–Trinajstić information content (AvgIpc) is 2.48. The van der Waals surface area contributed by atoms with E-state index in [4.69, 9.17) is 4.74 Å². The molecule has 1 heterocycles. The first-order chi connectivity index (χ1) is 10.1. The van der Waals surface area contributed by atoms with Crippen LogP contribution in [0.1, 0.15) is 5.56 Å². The molecule has 2 aromatic rings. The van der Waals surface area contributed by atoms with Gasteiger partial charge in [0, 0.05) is 12.7 Å². The third-order valence-electron chi connectivity index (χ3n) is 2.80. The van der Waals surface area contributed by atoms with Crippen LogP contribution < -0.4 is 14.8 Å². The lowest BCUT2D eigenvalue weighted by molar-refractivity contribution is 0.402. The van der Waals surface area contributed by atoms with Crippen molar-refractivity contribution in [3.63, 3.8) is 0 Å². The Balaban J connectivity index is 2.35. The monoisotopic (exact) mass is 307 g/mol. The van der Waals surface area contributed by atoms with Gasteiger partial charge in [-0.1, -0.05) is 12.1 Å². The van der Waals surface area contributed by atoms with Crippen LogP contribution >= 0.6 is 0 Å². The molecule has 0 bridgehead atoms. The highest BCUT2D eigenvalue weighted by atomic mass is 32.2. The van der Waals surface area contributed by atoms with Gasteiger partial charge in [-0.2, -0.15) is 0 Å². The second kappa shape index (κ2) is 6.55. The zero-order valence-corrected chi connectivity index (χ0v) is 12.6. The fourth-order valence-corrected chi connectivity index (χ4v) is 3.02. The molecule has 2 N–H and O–H groups in total. The number of anilines is 1. The number of pyridine rings is 1. The van der Waals surface area contributed by atoms with Crippen molar-refractivity contribution in [2.24, 2.45) is 0 Å². The molecule has 0 spiro atoms. The van der Waals surface area contributed by atoms with E-state index >= 15 is 0 Å². The fourth-order valence-electron chi connectivity index (χ4n) is 1.86. The van der Waals surface area contributed by atoms with Crippen molar-refractivity contribution in [1.82, 2.24) is 10.3 Å². The van der Waals surface area contributed by atoms with E-state index in [0.717, 1.165) is 5.56 Å². The summed E-state index contributed by atoms with van der Waals surface area (Å²) in [6.07, 6.45) is 1.52. The summed E-state index contributed by atoms with van der Waals surface area (Å²) < 4.78 is 32.4. The molecule has 1 aromatic heterocycles.